The third-order valence-electron chi connectivity index (χ3n) is 4.28. The Labute approximate surface area is 167 Å². The lowest BCUT2D eigenvalue weighted by Gasteiger charge is -2.27. The number of pyridine rings is 2. The molecule has 1 aliphatic rings. The van der Waals surface area contributed by atoms with Crippen molar-refractivity contribution in [2.24, 2.45) is 11.6 Å². The van der Waals surface area contributed by atoms with Crippen molar-refractivity contribution < 1.29 is 13.5 Å². The Hall–Kier alpha value is -2.82. The lowest BCUT2D eigenvalue weighted by Crippen LogP contribution is -2.45. The third kappa shape index (κ3) is 6.08. The van der Waals surface area contributed by atoms with Crippen molar-refractivity contribution in [2.75, 3.05) is 31.6 Å². The quantitative estimate of drug-likeness (QED) is 0.408. The van der Waals surface area contributed by atoms with Crippen molar-refractivity contribution in [2.45, 2.75) is 19.5 Å². The van der Waals surface area contributed by atoms with E-state index in [1.165, 1.54) is 23.3 Å². The average Bonchev–Trinajstić information content (AvgIpc) is 2.68. The Morgan fingerprint density at radius 3 is 2.97 bits per heavy atom. The van der Waals surface area contributed by atoms with E-state index in [1.54, 1.807) is 12.3 Å². The van der Waals surface area contributed by atoms with E-state index in [9.17, 15) is 8.78 Å². The van der Waals surface area contributed by atoms with Crippen LogP contribution in [0.25, 0.3) is 5.70 Å². The molecule has 2 aromatic rings. The summed E-state index contributed by atoms with van der Waals surface area (Å²) in [6.07, 6.45) is 0.327. The highest BCUT2D eigenvalue weighted by atomic mass is 19.3. The van der Waals surface area contributed by atoms with Crippen molar-refractivity contribution in [3.63, 3.8) is 0 Å². The van der Waals surface area contributed by atoms with Gasteiger partial charge in [0.2, 0.25) is 0 Å². The molecule has 1 saturated heterocycles. The smallest absolute Gasteiger partial charge is 0.264 e. The van der Waals surface area contributed by atoms with Crippen LogP contribution in [0, 0.1) is 6.92 Å². The number of hydrazine groups is 1. The average molecular weight is 405 g/mol. The second kappa shape index (κ2) is 9.59. The molecule has 0 saturated carbocycles. The second-order valence-electron chi connectivity index (χ2n) is 6.79. The second-order valence-corrected chi connectivity index (χ2v) is 6.79. The topological polar surface area (TPSA) is 114 Å². The molecule has 0 spiro atoms. The van der Waals surface area contributed by atoms with E-state index in [-0.39, 0.29) is 17.5 Å². The third-order valence-corrected chi connectivity index (χ3v) is 4.28. The number of halogens is 2. The number of rotatable bonds is 7. The molecule has 0 radical (unpaired) electrons. The van der Waals surface area contributed by atoms with Gasteiger partial charge in [0.1, 0.15) is 11.6 Å². The molecule has 2 aromatic heterocycles. The SMILES string of the molecule is Cc1cc(Nc2cc(C(F)F)ccn2)nc(/C(N)=C/N(N)CC2CNCCO2)c1. The summed E-state index contributed by atoms with van der Waals surface area (Å²) in [5.74, 6) is 6.75. The lowest BCUT2D eigenvalue weighted by molar-refractivity contribution is 0.0133. The molecule has 1 atom stereocenters. The van der Waals surface area contributed by atoms with Crippen molar-refractivity contribution in [3.8, 4) is 0 Å². The highest BCUT2D eigenvalue weighted by Crippen LogP contribution is 2.23. The monoisotopic (exact) mass is 405 g/mol. The fourth-order valence-electron chi connectivity index (χ4n) is 2.93. The van der Waals surface area contributed by atoms with Gasteiger partial charge in [-0.3, -0.25) is 0 Å². The number of nitrogens with one attached hydrogen (secondary N) is 2. The highest BCUT2D eigenvalue weighted by Gasteiger charge is 2.15. The molecule has 10 heteroatoms. The molecule has 8 nitrogen and oxygen atoms in total. The molecule has 29 heavy (non-hydrogen) atoms. The highest BCUT2D eigenvalue weighted by molar-refractivity contribution is 5.63. The Bertz CT molecular complexity index is 856. The van der Waals surface area contributed by atoms with Crippen LogP contribution in [0.4, 0.5) is 20.4 Å². The largest absolute Gasteiger partial charge is 0.396 e. The van der Waals surface area contributed by atoms with Gasteiger partial charge in [-0.05, 0) is 36.8 Å². The molecular formula is C19H25F2N7O. The first-order chi connectivity index (χ1) is 13.9. The number of aromatic nitrogens is 2. The summed E-state index contributed by atoms with van der Waals surface area (Å²) in [4.78, 5) is 8.50. The van der Waals surface area contributed by atoms with Gasteiger partial charge in [-0.2, -0.15) is 0 Å². The summed E-state index contributed by atoms with van der Waals surface area (Å²) >= 11 is 0. The van der Waals surface area contributed by atoms with E-state index in [0.29, 0.717) is 30.4 Å². The van der Waals surface area contributed by atoms with Crippen LogP contribution in [0.15, 0.2) is 36.7 Å². The zero-order chi connectivity index (χ0) is 20.8. The molecule has 0 aliphatic carbocycles. The standard InChI is InChI=1S/C19H25F2N7O/c1-12-6-16(15(22)11-28(23)10-14-9-24-4-5-29-14)26-18(7-12)27-17-8-13(19(20)21)2-3-25-17/h2-3,6-8,11,14,19,24H,4-5,9-10,22-23H2,1H3,(H,25,26,27)/b15-11-. The fourth-order valence-corrected chi connectivity index (χ4v) is 2.93. The van der Waals surface area contributed by atoms with Gasteiger partial charge in [0.15, 0.2) is 0 Å². The number of nitrogens with zero attached hydrogens (tertiary/aromatic N) is 3. The number of ether oxygens (including phenoxy) is 1. The Morgan fingerprint density at radius 2 is 2.24 bits per heavy atom. The van der Waals surface area contributed by atoms with Crippen LogP contribution in [-0.2, 0) is 4.74 Å². The fraction of sp³-hybridized carbons (Fsp3) is 0.368. The van der Waals surface area contributed by atoms with Gasteiger partial charge in [0, 0.05) is 31.0 Å². The first-order valence-electron chi connectivity index (χ1n) is 9.22. The van der Waals surface area contributed by atoms with E-state index in [1.807, 2.05) is 13.0 Å². The summed E-state index contributed by atoms with van der Waals surface area (Å²) in [5, 5.41) is 7.65. The molecule has 1 unspecified atom stereocenters. The van der Waals surface area contributed by atoms with Crippen LogP contribution in [-0.4, -0.2) is 47.3 Å². The van der Waals surface area contributed by atoms with E-state index >= 15 is 0 Å². The number of hydrogen-bond donors (Lipinski definition) is 4. The van der Waals surface area contributed by atoms with Gasteiger partial charge in [-0.25, -0.2) is 24.6 Å². The minimum Gasteiger partial charge on any atom is -0.396 e. The summed E-state index contributed by atoms with van der Waals surface area (Å²) < 4.78 is 31.4. The van der Waals surface area contributed by atoms with Crippen molar-refractivity contribution in [3.05, 3.63) is 53.5 Å². The van der Waals surface area contributed by atoms with Crippen LogP contribution < -0.4 is 22.2 Å². The summed E-state index contributed by atoms with van der Waals surface area (Å²) in [7, 11) is 0. The van der Waals surface area contributed by atoms with Gasteiger partial charge in [-0.1, -0.05) is 0 Å². The molecule has 1 aliphatic heterocycles. The normalized spacial score (nSPS) is 17.4. The van der Waals surface area contributed by atoms with E-state index in [0.717, 1.165) is 18.7 Å². The summed E-state index contributed by atoms with van der Waals surface area (Å²) in [6, 6.07) is 6.14. The summed E-state index contributed by atoms with van der Waals surface area (Å²) in [6.45, 7) is 4.57. The minimum absolute atomic E-state index is 0.0197. The van der Waals surface area contributed by atoms with Crippen LogP contribution in [0.5, 0.6) is 0 Å². The van der Waals surface area contributed by atoms with E-state index < -0.39 is 6.43 Å². The van der Waals surface area contributed by atoms with Crippen LogP contribution in [0.3, 0.4) is 0 Å². The lowest BCUT2D eigenvalue weighted by atomic mass is 10.2. The van der Waals surface area contributed by atoms with E-state index in [4.69, 9.17) is 16.3 Å². The Morgan fingerprint density at radius 1 is 1.41 bits per heavy atom. The van der Waals surface area contributed by atoms with Gasteiger partial charge in [0.25, 0.3) is 6.43 Å². The Balaban J connectivity index is 1.72. The zero-order valence-corrected chi connectivity index (χ0v) is 16.1. The predicted molar refractivity (Wildman–Crippen MR) is 107 cm³/mol. The first kappa shape index (κ1) is 20.9. The molecule has 0 amide bonds. The first-order valence-corrected chi connectivity index (χ1v) is 9.22. The van der Waals surface area contributed by atoms with Crippen LogP contribution in [0.2, 0.25) is 0 Å². The Kier molecular flexibility index (Phi) is 6.91. The van der Waals surface area contributed by atoms with Gasteiger partial charge < -0.3 is 26.1 Å². The van der Waals surface area contributed by atoms with Gasteiger partial charge in [-0.15, -0.1) is 0 Å². The number of aryl methyl sites for hydroxylation is 1. The van der Waals surface area contributed by atoms with Crippen molar-refractivity contribution in [1.29, 1.82) is 0 Å². The molecule has 0 bridgehead atoms. The molecule has 0 aromatic carbocycles. The minimum atomic E-state index is -2.57. The van der Waals surface area contributed by atoms with Gasteiger partial charge in [0.05, 0.1) is 30.6 Å². The van der Waals surface area contributed by atoms with Crippen LogP contribution >= 0.6 is 0 Å². The number of alkyl halides is 2. The number of hydrogen-bond acceptors (Lipinski definition) is 8. The van der Waals surface area contributed by atoms with Crippen molar-refractivity contribution >= 4 is 17.3 Å². The maximum absolute atomic E-state index is 12.9. The number of morpholine rings is 1. The maximum atomic E-state index is 12.9. The predicted octanol–water partition coefficient (Wildman–Crippen LogP) is 1.89. The molecule has 3 heterocycles. The maximum Gasteiger partial charge on any atom is 0.264 e. The number of anilines is 2. The molecular weight excluding hydrogens is 380 g/mol. The zero-order valence-electron chi connectivity index (χ0n) is 16.1. The van der Waals surface area contributed by atoms with Crippen molar-refractivity contribution in [1.82, 2.24) is 20.3 Å². The van der Waals surface area contributed by atoms with E-state index in [2.05, 4.69) is 20.6 Å². The molecule has 1 fully saturated rings. The molecule has 6 N–H and O–H groups in total. The molecule has 3 rings (SSSR count). The number of nitrogens with two attached hydrogens (primary N) is 2. The molecule has 156 valence electrons. The summed E-state index contributed by atoms with van der Waals surface area (Å²) in [5.41, 5.74) is 7.83. The van der Waals surface area contributed by atoms with Gasteiger partial charge >= 0.3 is 0 Å². The van der Waals surface area contributed by atoms with Crippen LogP contribution in [0.1, 0.15) is 23.2 Å².